The number of guanidine groups is 1. The minimum Gasteiger partial charge on any atom is -0.382 e. The van der Waals surface area contributed by atoms with Crippen LogP contribution >= 0.6 is 0 Å². The first kappa shape index (κ1) is 21.1. The molecule has 0 amide bonds. The molecule has 2 aliphatic rings. The number of aliphatic imine (C=N–C) groups is 1. The van der Waals surface area contributed by atoms with Crippen LogP contribution in [0.1, 0.15) is 32.3 Å². The highest BCUT2D eigenvalue weighted by molar-refractivity contribution is 5.80. The van der Waals surface area contributed by atoms with E-state index in [0.717, 1.165) is 77.9 Å². The van der Waals surface area contributed by atoms with Crippen LogP contribution < -0.4 is 5.32 Å². The summed E-state index contributed by atoms with van der Waals surface area (Å²) in [6.07, 6.45) is 2.39. The number of hydrogen-bond acceptors (Lipinski definition) is 4. The predicted octanol–water partition coefficient (Wildman–Crippen LogP) is 2.35. The van der Waals surface area contributed by atoms with E-state index in [0.29, 0.717) is 6.04 Å². The number of morpholine rings is 1. The van der Waals surface area contributed by atoms with Gasteiger partial charge in [-0.2, -0.15) is 0 Å². The number of ether oxygens (including phenoxy) is 2. The van der Waals surface area contributed by atoms with Crippen molar-refractivity contribution in [3.05, 3.63) is 35.9 Å². The molecule has 2 fully saturated rings. The number of rotatable bonds is 9. The zero-order valence-electron chi connectivity index (χ0n) is 17.5. The lowest BCUT2D eigenvalue weighted by atomic mass is 10.1. The predicted molar refractivity (Wildman–Crippen MR) is 114 cm³/mol. The summed E-state index contributed by atoms with van der Waals surface area (Å²) in [7, 11) is 0. The Morgan fingerprint density at radius 2 is 2.07 bits per heavy atom. The van der Waals surface area contributed by atoms with Crippen LogP contribution in [0.3, 0.4) is 0 Å². The van der Waals surface area contributed by atoms with Gasteiger partial charge in [-0.15, -0.1) is 0 Å². The Morgan fingerprint density at radius 1 is 1.21 bits per heavy atom. The van der Waals surface area contributed by atoms with E-state index in [-0.39, 0.29) is 6.10 Å². The van der Waals surface area contributed by atoms with Gasteiger partial charge in [-0.25, -0.2) is 0 Å². The lowest BCUT2D eigenvalue weighted by Crippen LogP contribution is -2.50. The number of nitrogens with zero attached hydrogens (tertiary/aromatic N) is 3. The van der Waals surface area contributed by atoms with Crippen molar-refractivity contribution in [1.29, 1.82) is 0 Å². The summed E-state index contributed by atoms with van der Waals surface area (Å²) in [5, 5.41) is 3.47. The lowest BCUT2D eigenvalue weighted by molar-refractivity contribution is -0.0502. The molecule has 0 spiro atoms. The second-order valence-electron chi connectivity index (χ2n) is 7.48. The molecule has 2 aliphatic heterocycles. The molecule has 0 bridgehead atoms. The highest BCUT2D eigenvalue weighted by Crippen LogP contribution is 2.24. The van der Waals surface area contributed by atoms with E-state index in [1.807, 2.05) is 6.92 Å². The zero-order valence-corrected chi connectivity index (χ0v) is 17.5. The highest BCUT2D eigenvalue weighted by atomic mass is 16.5. The summed E-state index contributed by atoms with van der Waals surface area (Å²) in [5.41, 5.74) is 1.37. The molecule has 0 radical (unpaired) electrons. The molecule has 2 saturated heterocycles. The molecule has 1 aromatic carbocycles. The normalized spacial score (nSPS) is 23.1. The van der Waals surface area contributed by atoms with Gasteiger partial charge in [0.1, 0.15) is 0 Å². The third kappa shape index (κ3) is 5.93. The van der Waals surface area contributed by atoms with Gasteiger partial charge in [0.05, 0.1) is 18.8 Å². The smallest absolute Gasteiger partial charge is 0.194 e. The summed E-state index contributed by atoms with van der Waals surface area (Å²) in [4.78, 5) is 9.82. The van der Waals surface area contributed by atoms with Gasteiger partial charge in [-0.05, 0) is 32.3 Å². The molecular weight excluding hydrogens is 352 g/mol. The summed E-state index contributed by atoms with van der Waals surface area (Å²) < 4.78 is 11.5. The topological polar surface area (TPSA) is 49.3 Å². The van der Waals surface area contributed by atoms with Gasteiger partial charge < -0.3 is 19.7 Å². The summed E-state index contributed by atoms with van der Waals surface area (Å²) in [6, 6.07) is 11.2. The molecule has 28 heavy (non-hydrogen) atoms. The van der Waals surface area contributed by atoms with Gasteiger partial charge in [0.2, 0.25) is 0 Å². The van der Waals surface area contributed by atoms with E-state index in [1.54, 1.807) is 0 Å². The van der Waals surface area contributed by atoms with Crippen LogP contribution in [0.25, 0.3) is 0 Å². The first-order valence-electron chi connectivity index (χ1n) is 10.8. The monoisotopic (exact) mass is 388 g/mol. The fourth-order valence-corrected chi connectivity index (χ4v) is 4.02. The van der Waals surface area contributed by atoms with Gasteiger partial charge in [-0.3, -0.25) is 9.89 Å². The molecule has 6 heteroatoms. The quantitative estimate of drug-likeness (QED) is 0.400. The second-order valence-corrected chi connectivity index (χ2v) is 7.48. The molecule has 1 N–H and O–H groups in total. The lowest BCUT2D eigenvalue weighted by Gasteiger charge is -2.36. The Balaban J connectivity index is 1.56. The maximum absolute atomic E-state index is 6.12. The summed E-state index contributed by atoms with van der Waals surface area (Å²) >= 11 is 0. The summed E-state index contributed by atoms with van der Waals surface area (Å²) in [5.74, 6) is 1.02. The average molecular weight is 389 g/mol. The molecule has 2 unspecified atom stereocenters. The number of hydrogen-bond donors (Lipinski definition) is 1. The number of benzene rings is 1. The van der Waals surface area contributed by atoms with Gasteiger partial charge in [0.15, 0.2) is 5.96 Å². The molecule has 156 valence electrons. The van der Waals surface area contributed by atoms with Crippen LogP contribution in [0.5, 0.6) is 0 Å². The van der Waals surface area contributed by atoms with Crippen LogP contribution in [-0.4, -0.2) is 80.4 Å². The Kier molecular flexibility index (Phi) is 8.58. The van der Waals surface area contributed by atoms with Crippen molar-refractivity contribution in [2.75, 3.05) is 52.5 Å². The Hall–Kier alpha value is -1.63. The van der Waals surface area contributed by atoms with Crippen molar-refractivity contribution >= 4 is 5.96 Å². The standard InChI is InChI=1S/C22H36N4O2/c1-3-23-22(24-12-8-9-14-27-4-2)26-17-20-21(18-26)28-15-13-25(20)16-19-10-6-5-7-11-19/h5-7,10-11,20-21H,3-4,8-9,12-18H2,1-2H3,(H,23,24). The minimum atomic E-state index is 0.263. The van der Waals surface area contributed by atoms with Crippen LogP contribution in [0.4, 0.5) is 0 Å². The van der Waals surface area contributed by atoms with E-state index < -0.39 is 0 Å². The fraction of sp³-hybridized carbons (Fsp3) is 0.682. The maximum Gasteiger partial charge on any atom is 0.194 e. The second kappa shape index (κ2) is 11.4. The van der Waals surface area contributed by atoms with Crippen LogP contribution in [0.2, 0.25) is 0 Å². The van der Waals surface area contributed by atoms with Gasteiger partial charge >= 0.3 is 0 Å². The molecule has 0 aromatic heterocycles. The molecule has 2 heterocycles. The first-order valence-corrected chi connectivity index (χ1v) is 10.8. The van der Waals surface area contributed by atoms with E-state index in [9.17, 15) is 0 Å². The van der Waals surface area contributed by atoms with Gasteiger partial charge in [0.25, 0.3) is 0 Å². The van der Waals surface area contributed by atoms with Crippen molar-refractivity contribution in [3.63, 3.8) is 0 Å². The molecule has 1 aromatic rings. The average Bonchev–Trinajstić information content (AvgIpc) is 3.16. The van der Waals surface area contributed by atoms with Gasteiger partial charge in [-0.1, -0.05) is 30.3 Å². The van der Waals surface area contributed by atoms with Crippen molar-refractivity contribution < 1.29 is 9.47 Å². The van der Waals surface area contributed by atoms with Crippen LogP contribution in [0, 0.1) is 0 Å². The fourth-order valence-electron chi connectivity index (χ4n) is 4.02. The highest BCUT2D eigenvalue weighted by Gasteiger charge is 2.41. The third-order valence-electron chi connectivity index (χ3n) is 5.44. The maximum atomic E-state index is 6.12. The third-order valence-corrected chi connectivity index (χ3v) is 5.44. The largest absolute Gasteiger partial charge is 0.382 e. The zero-order chi connectivity index (χ0) is 19.6. The number of nitrogens with one attached hydrogen (secondary N) is 1. The van der Waals surface area contributed by atoms with E-state index in [1.165, 1.54) is 5.56 Å². The molecule has 6 nitrogen and oxygen atoms in total. The van der Waals surface area contributed by atoms with Crippen molar-refractivity contribution in [1.82, 2.24) is 15.1 Å². The molecule has 3 rings (SSSR count). The number of fused-ring (bicyclic) bond motifs is 1. The first-order chi connectivity index (χ1) is 13.8. The molecular formula is C22H36N4O2. The van der Waals surface area contributed by atoms with E-state index in [2.05, 4.69) is 52.4 Å². The van der Waals surface area contributed by atoms with Gasteiger partial charge in [0, 0.05) is 52.5 Å². The van der Waals surface area contributed by atoms with Crippen molar-refractivity contribution in [3.8, 4) is 0 Å². The van der Waals surface area contributed by atoms with Crippen LogP contribution in [0.15, 0.2) is 35.3 Å². The molecule has 2 atom stereocenters. The van der Waals surface area contributed by atoms with Crippen molar-refractivity contribution in [2.45, 2.75) is 45.4 Å². The molecule has 0 aliphatic carbocycles. The minimum absolute atomic E-state index is 0.263. The SMILES string of the molecule is CCNC(=NCCCCOCC)N1CC2OCCN(Cc3ccccc3)C2C1. The Morgan fingerprint density at radius 3 is 2.86 bits per heavy atom. The Bertz CT molecular complexity index is 595. The molecule has 0 saturated carbocycles. The van der Waals surface area contributed by atoms with E-state index >= 15 is 0 Å². The Labute approximate surface area is 169 Å². The summed E-state index contributed by atoms with van der Waals surface area (Å²) in [6.45, 7) is 12.2. The number of unbranched alkanes of at least 4 members (excludes halogenated alkanes) is 1. The van der Waals surface area contributed by atoms with Crippen LogP contribution in [-0.2, 0) is 16.0 Å². The van der Waals surface area contributed by atoms with Crippen molar-refractivity contribution in [2.24, 2.45) is 4.99 Å². The number of likely N-dealkylation sites (tertiary alicyclic amines) is 1. The van der Waals surface area contributed by atoms with E-state index in [4.69, 9.17) is 14.5 Å².